The van der Waals surface area contributed by atoms with E-state index in [1.807, 2.05) is 22.9 Å². The SMILES string of the molecule is CNC(=O)C1=C(O)c2ccccc2N(Cc2ccsc2)C(=O)C1. The minimum Gasteiger partial charge on any atom is -0.507 e. The number of anilines is 1. The van der Waals surface area contributed by atoms with Gasteiger partial charge in [0.2, 0.25) is 5.91 Å². The van der Waals surface area contributed by atoms with Gasteiger partial charge in [0.05, 0.1) is 24.2 Å². The normalized spacial score (nSPS) is 14.5. The van der Waals surface area contributed by atoms with Gasteiger partial charge in [-0.05, 0) is 34.5 Å². The number of nitrogens with one attached hydrogen (secondary N) is 1. The molecule has 5 nitrogen and oxygen atoms in total. The Morgan fingerprint density at radius 3 is 2.83 bits per heavy atom. The molecule has 1 aromatic heterocycles. The monoisotopic (exact) mass is 328 g/mol. The zero-order chi connectivity index (χ0) is 16.4. The van der Waals surface area contributed by atoms with Crippen LogP contribution in [0, 0.1) is 0 Å². The molecule has 2 N–H and O–H groups in total. The average molecular weight is 328 g/mol. The molecule has 0 unspecified atom stereocenters. The number of para-hydroxylation sites is 1. The molecule has 1 aliphatic heterocycles. The molecule has 0 aliphatic carbocycles. The molecule has 3 rings (SSSR count). The first-order valence-electron chi connectivity index (χ1n) is 7.17. The summed E-state index contributed by atoms with van der Waals surface area (Å²) >= 11 is 1.56. The summed E-state index contributed by atoms with van der Waals surface area (Å²) in [6, 6.07) is 9.04. The first-order chi connectivity index (χ1) is 11.1. The van der Waals surface area contributed by atoms with Crippen molar-refractivity contribution in [2.24, 2.45) is 0 Å². The summed E-state index contributed by atoms with van der Waals surface area (Å²) in [5.41, 5.74) is 2.21. The largest absolute Gasteiger partial charge is 0.507 e. The van der Waals surface area contributed by atoms with E-state index in [1.165, 1.54) is 7.05 Å². The van der Waals surface area contributed by atoms with Crippen molar-refractivity contribution in [2.45, 2.75) is 13.0 Å². The lowest BCUT2D eigenvalue weighted by molar-refractivity contribution is -0.121. The molecule has 0 spiro atoms. The molecule has 1 aromatic carbocycles. The highest BCUT2D eigenvalue weighted by atomic mass is 32.1. The molecule has 6 heteroatoms. The zero-order valence-corrected chi connectivity index (χ0v) is 13.4. The highest BCUT2D eigenvalue weighted by Gasteiger charge is 2.30. The number of carbonyl (C=O) groups is 2. The lowest BCUT2D eigenvalue weighted by atomic mass is 10.1. The summed E-state index contributed by atoms with van der Waals surface area (Å²) in [7, 11) is 1.48. The molecule has 2 aromatic rings. The zero-order valence-electron chi connectivity index (χ0n) is 12.6. The van der Waals surface area contributed by atoms with Crippen LogP contribution in [0.15, 0.2) is 46.7 Å². The lowest BCUT2D eigenvalue weighted by Gasteiger charge is -2.22. The van der Waals surface area contributed by atoms with Crippen LogP contribution in [-0.2, 0) is 16.1 Å². The van der Waals surface area contributed by atoms with E-state index >= 15 is 0 Å². The van der Waals surface area contributed by atoms with E-state index in [2.05, 4.69) is 5.32 Å². The number of thiophene rings is 1. The molecule has 0 fully saturated rings. The van der Waals surface area contributed by atoms with Gasteiger partial charge in [0.15, 0.2) is 0 Å². The Hall–Kier alpha value is -2.60. The van der Waals surface area contributed by atoms with Gasteiger partial charge in [-0.1, -0.05) is 12.1 Å². The summed E-state index contributed by atoms with van der Waals surface area (Å²) in [5.74, 6) is -0.796. The van der Waals surface area contributed by atoms with Gasteiger partial charge in [-0.2, -0.15) is 11.3 Å². The van der Waals surface area contributed by atoms with Gasteiger partial charge >= 0.3 is 0 Å². The van der Waals surface area contributed by atoms with E-state index in [-0.39, 0.29) is 23.7 Å². The number of hydrogen-bond donors (Lipinski definition) is 2. The Morgan fingerprint density at radius 1 is 1.35 bits per heavy atom. The summed E-state index contributed by atoms with van der Waals surface area (Å²) in [6.45, 7) is 0.410. The summed E-state index contributed by atoms with van der Waals surface area (Å²) in [6.07, 6.45) is -0.135. The molecule has 0 saturated carbocycles. The molecule has 23 heavy (non-hydrogen) atoms. The summed E-state index contributed by atoms with van der Waals surface area (Å²) in [5, 5.41) is 16.9. The first-order valence-corrected chi connectivity index (χ1v) is 8.11. The second kappa shape index (κ2) is 6.26. The number of aliphatic hydroxyl groups is 1. The molecule has 1 aliphatic rings. The first kappa shape index (κ1) is 15.3. The van der Waals surface area contributed by atoms with Gasteiger partial charge in [0.1, 0.15) is 5.76 Å². The highest BCUT2D eigenvalue weighted by molar-refractivity contribution is 7.07. The average Bonchev–Trinajstić information content (AvgIpc) is 3.06. The van der Waals surface area contributed by atoms with Crippen LogP contribution in [0.2, 0.25) is 0 Å². The van der Waals surface area contributed by atoms with E-state index in [1.54, 1.807) is 34.4 Å². The summed E-state index contributed by atoms with van der Waals surface area (Å²) in [4.78, 5) is 26.3. The third kappa shape index (κ3) is 2.85. The minimum atomic E-state index is -0.442. The fraction of sp³-hybridized carbons (Fsp3) is 0.176. The van der Waals surface area contributed by atoms with Crippen LogP contribution in [0.5, 0.6) is 0 Å². The molecule has 2 amide bonds. The van der Waals surface area contributed by atoms with Gasteiger partial charge in [-0.3, -0.25) is 9.59 Å². The Morgan fingerprint density at radius 2 is 2.13 bits per heavy atom. The Kier molecular flexibility index (Phi) is 4.16. The fourth-order valence-corrected chi connectivity index (χ4v) is 3.27. The topological polar surface area (TPSA) is 69.6 Å². The Labute approximate surface area is 137 Å². The van der Waals surface area contributed by atoms with Crippen molar-refractivity contribution in [2.75, 3.05) is 11.9 Å². The van der Waals surface area contributed by atoms with E-state index in [4.69, 9.17) is 0 Å². The number of carbonyl (C=O) groups excluding carboxylic acids is 2. The number of likely N-dealkylation sites (N-methyl/N-ethyl adjacent to an activating group) is 1. The lowest BCUT2D eigenvalue weighted by Crippen LogP contribution is -2.31. The van der Waals surface area contributed by atoms with Crippen LogP contribution >= 0.6 is 11.3 Å². The van der Waals surface area contributed by atoms with Gasteiger partial charge in [-0.25, -0.2) is 0 Å². The maximum absolute atomic E-state index is 12.7. The van der Waals surface area contributed by atoms with Gasteiger partial charge in [0, 0.05) is 12.6 Å². The second-order valence-electron chi connectivity index (χ2n) is 5.21. The molecule has 118 valence electrons. The van der Waals surface area contributed by atoms with Crippen LogP contribution in [0.3, 0.4) is 0 Å². The van der Waals surface area contributed by atoms with Crippen molar-refractivity contribution in [1.29, 1.82) is 0 Å². The predicted molar refractivity (Wildman–Crippen MR) is 90.2 cm³/mol. The maximum Gasteiger partial charge on any atom is 0.251 e. The highest BCUT2D eigenvalue weighted by Crippen LogP contribution is 2.34. The standard InChI is InChI=1S/C17H16N2O3S/c1-18-17(22)13-8-15(20)19(9-11-6-7-23-10-11)14-5-3-2-4-12(14)16(13)21/h2-7,10,21H,8-9H2,1H3,(H,18,22). The molecular weight excluding hydrogens is 312 g/mol. The van der Waals surface area contributed by atoms with Crippen LogP contribution < -0.4 is 10.2 Å². The molecule has 2 heterocycles. The van der Waals surface area contributed by atoms with Gasteiger partial charge in [0.25, 0.3) is 5.91 Å². The molecular formula is C17H16N2O3S. The number of fused-ring (bicyclic) bond motifs is 1. The quantitative estimate of drug-likeness (QED) is 0.910. The van der Waals surface area contributed by atoms with Crippen LogP contribution in [0.1, 0.15) is 17.5 Å². The molecule has 0 radical (unpaired) electrons. The number of benzene rings is 1. The number of aliphatic hydroxyl groups excluding tert-OH is 1. The van der Waals surface area contributed by atoms with Crippen molar-refractivity contribution in [1.82, 2.24) is 5.32 Å². The van der Waals surface area contributed by atoms with Crippen molar-refractivity contribution >= 4 is 34.6 Å². The minimum absolute atomic E-state index is 0.0952. The van der Waals surface area contributed by atoms with Gasteiger partial charge in [-0.15, -0.1) is 0 Å². The van der Waals surface area contributed by atoms with Crippen molar-refractivity contribution < 1.29 is 14.7 Å². The molecule has 0 saturated heterocycles. The smallest absolute Gasteiger partial charge is 0.251 e. The van der Waals surface area contributed by atoms with E-state index < -0.39 is 5.91 Å². The van der Waals surface area contributed by atoms with E-state index in [0.29, 0.717) is 17.8 Å². The number of rotatable bonds is 3. The number of amides is 2. The van der Waals surface area contributed by atoms with Crippen LogP contribution in [0.25, 0.3) is 5.76 Å². The third-order valence-electron chi connectivity index (χ3n) is 3.79. The van der Waals surface area contributed by atoms with Crippen molar-refractivity contribution in [3.63, 3.8) is 0 Å². The van der Waals surface area contributed by atoms with Crippen LogP contribution in [-0.4, -0.2) is 24.0 Å². The fourth-order valence-electron chi connectivity index (χ4n) is 2.61. The van der Waals surface area contributed by atoms with E-state index in [0.717, 1.165) is 5.56 Å². The second-order valence-corrected chi connectivity index (χ2v) is 5.99. The molecule has 0 bridgehead atoms. The predicted octanol–water partition coefficient (Wildman–Crippen LogP) is 2.70. The Balaban J connectivity index is 2.09. The van der Waals surface area contributed by atoms with Crippen molar-refractivity contribution in [3.05, 3.63) is 57.8 Å². The number of nitrogens with zero attached hydrogens (tertiary/aromatic N) is 1. The van der Waals surface area contributed by atoms with Crippen molar-refractivity contribution in [3.8, 4) is 0 Å². The maximum atomic E-state index is 12.7. The van der Waals surface area contributed by atoms with Crippen LogP contribution in [0.4, 0.5) is 5.69 Å². The third-order valence-corrected chi connectivity index (χ3v) is 4.52. The summed E-state index contributed by atoms with van der Waals surface area (Å²) < 4.78 is 0. The number of hydrogen-bond acceptors (Lipinski definition) is 4. The Bertz CT molecular complexity index is 781. The molecule has 0 atom stereocenters. The van der Waals surface area contributed by atoms with E-state index in [9.17, 15) is 14.7 Å². The van der Waals surface area contributed by atoms with Gasteiger partial charge < -0.3 is 15.3 Å².